The van der Waals surface area contributed by atoms with Crippen molar-refractivity contribution in [3.8, 4) is 0 Å². The SMILES string of the molecule is CO[C@H]1C[C@@H](O)[C@@H](COC(=O)c2ccccc2)O1. The zero-order chi connectivity index (χ0) is 13.0. The molecule has 5 nitrogen and oxygen atoms in total. The van der Waals surface area contributed by atoms with Gasteiger partial charge in [0.1, 0.15) is 12.7 Å². The lowest BCUT2D eigenvalue weighted by Crippen LogP contribution is -2.28. The van der Waals surface area contributed by atoms with E-state index < -0.39 is 24.5 Å². The van der Waals surface area contributed by atoms with Gasteiger partial charge in [0.2, 0.25) is 0 Å². The van der Waals surface area contributed by atoms with Crippen LogP contribution >= 0.6 is 0 Å². The van der Waals surface area contributed by atoms with Crippen molar-refractivity contribution >= 4 is 5.97 Å². The number of hydrogen-bond donors (Lipinski definition) is 1. The number of hydrogen-bond acceptors (Lipinski definition) is 5. The first-order valence-corrected chi connectivity index (χ1v) is 5.79. The Morgan fingerprint density at radius 3 is 2.78 bits per heavy atom. The summed E-state index contributed by atoms with van der Waals surface area (Å²) in [5.74, 6) is -0.424. The largest absolute Gasteiger partial charge is 0.459 e. The van der Waals surface area contributed by atoms with Gasteiger partial charge in [-0.25, -0.2) is 4.79 Å². The molecule has 1 aromatic rings. The van der Waals surface area contributed by atoms with Crippen molar-refractivity contribution in [3.63, 3.8) is 0 Å². The Kier molecular flexibility index (Phi) is 4.30. The lowest BCUT2D eigenvalue weighted by atomic mass is 10.2. The summed E-state index contributed by atoms with van der Waals surface area (Å²) in [4.78, 5) is 11.7. The zero-order valence-corrected chi connectivity index (χ0v) is 10.1. The fourth-order valence-electron chi connectivity index (χ4n) is 1.81. The van der Waals surface area contributed by atoms with Gasteiger partial charge in [-0.3, -0.25) is 0 Å². The molecule has 1 aliphatic heterocycles. The predicted octanol–water partition coefficient (Wildman–Crippen LogP) is 0.966. The predicted molar refractivity (Wildman–Crippen MR) is 63.0 cm³/mol. The summed E-state index contributed by atoms with van der Waals surface area (Å²) in [6.07, 6.45) is -1.23. The lowest BCUT2D eigenvalue weighted by molar-refractivity contribution is -0.128. The number of aliphatic hydroxyl groups excluding tert-OH is 1. The second-order valence-corrected chi connectivity index (χ2v) is 4.11. The average molecular weight is 252 g/mol. The van der Waals surface area contributed by atoms with E-state index in [2.05, 4.69) is 0 Å². The molecule has 98 valence electrons. The molecule has 1 aromatic carbocycles. The highest BCUT2D eigenvalue weighted by Crippen LogP contribution is 2.21. The first-order valence-electron chi connectivity index (χ1n) is 5.79. The van der Waals surface area contributed by atoms with E-state index in [9.17, 15) is 9.90 Å². The second kappa shape index (κ2) is 5.95. The summed E-state index contributed by atoms with van der Waals surface area (Å²) in [7, 11) is 1.51. The van der Waals surface area contributed by atoms with Crippen LogP contribution < -0.4 is 0 Å². The van der Waals surface area contributed by atoms with Gasteiger partial charge in [-0.1, -0.05) is 18.2 Å². The Morgan fingerprint density at radius 2 is 2.17 bits per heavy atom. The molecule has 0 saturated carbocycles. The minimum atomic E-state index is -0.668. The highest BCUT2D eigenvalue weighted by atomic mass is 16.7. The van der Waals surface area contributed by atoms with Gasteiger partial charge in [-0.15, -0.1) is 0 Å². The van der Waals surface area contributed by atoms with E-state index in [0.717, 1.165) is 0 Å². The van der Waals surface area contributed by atoms with Gasteiger partial charge in [0.15, 0.2) is 6.29 Å². The molecule has 0 radical (unpaired) electrons. The Balaban J connectivity index is 1.83. The summed E-state index contributed by atoms with van der Waals surface area (Å²) in [6, 6.07) is 8.69. The average Bonchev–Trinajstić information content (AvgIpc) is 2.77. The molecule has 5 heteroatoms. The quantitative estimate of drug-likeness (QED) is 0.809. The number of benzene rings is 1. The van der Waals surface area contributed by atoms with E-state index in [-0.39, 0.29) is 6.61 Å². The van der Waals surface area contributed by atoms with Crippen LogP contribution in [0, 0.1) is 0 Å². The number of esters is 1. The molecule has 1 N–H and O–H groups in total. The molecular formula is C13H16O5. The molecule has 0 bridgehead atoms. The lowest BCUT2D eigenvalue weighted by Gasteiger charge is -2.14. The van der Waals surface area contributed by atoms with E-state index in [4.69, 9.17) is 14.2 Å². The monoisotopic (exact) mass is 252 g/mol. The third-order valence-electron chi connectivity index (χ3n) is 2.84. The number of aliphatic hydroxyl groups is 1. The molecule has 1 fully saturated rings. The summed E-state index contributed by atoms with van der Waals surface area (Å²) in [5, 5.41) is 9.68. The zero-order valence-electron chi connectivity index (χ0n) is 10.1. The normalized spacial score (nSPS) is 27.1. The Morgan fingerprint density at radius 1 is 1.44 bits per heavy atom. The van der Waals surface area contributed by atoms with E-state index in [1.54, 1.807) is 24.3 Å². The van der Waals surface area contributed by atoms with Crippen LogP contribution in [-0.4, -0.2) is 43.3 Å². The molecule has 18 heavy (non-hydrogen) atoms. The van der Waals surface area contributed by atoms with Crippen LogP contribution in [0.5, 0.6) is 0 Å². The number of carbonyl (C=O) groups excluding carboxylic acids is 1. The van der Waals surface area contributed by atoms with Crippen molar-refractivity contribution in [1.29, 1.82) is 0 Å². The van der Waals surface area contributed by atoms with Crippen LogP contribution in [0.2, 0.25) is 0 Å². The van der Waals surface area contributed by atoms with Gasteiger partial charge in [-0.2, -0.15) is 0 Å². The Hall–Kier alpha value is -1.43. The molecule has 0 aromatic heterocycles. The Bertz CT molecular complexity index is 392. The van der Waals surface area contributed by atoms with Crippen molar-refractivity contribution in [2.24, 2.45) is 0 Å². The van der Waals surface area contributed by atoms with E-state index >= 15 is 0 Å². The molecule has 3 atom stereocenters. The fraction of sp³-hybridized carbons (Fsp3) is 0.462. The fourth-order valence-corrected chi connectivity index (χ4v) is 1.81. The van der Waals surface area contributed by atoms with E-state index in [1.807, 2.05) is 6.07 Å². The highest BCUT2D eigenvalue weighted by Gasteiger charge is 2.34. The van der Waals surface area contributed by atoms with Crippen LogP contribution in [0.3, 0.4) is 0 Å². The van der Waals surface area contributed by atoms with Crippen molar-refractivity contribution in [1.82, 2.24) is 0 Å². The van der Waals surface area contributed by atoms with Crippen LogP contribution in [0.1, 0.15) is 16.8 Å². The number of rotatable bonds is 4. The number of carbonyl (C=O) groups is 1. The van der Waals surface area contributed by atoms with Crippen molar-refractivity contribution in [2.45, 2.75) is 24.9 Å². The van der Waals surface area contributed by atoms with Gasteiger partial charge < -0.3 is 19.3 Å². The van der Waals surface area contributed by atoms with Gasteiger partial charge in [0.25, 0.3) is 0 Å². The molecule has 1 saturated heterocycles. The maximum Gasteiger partial charge on any atom is 0.338 e. The smallest absolute Gasteiger partial charge is 0.338 e. The van der Waals surface area contributed by atoms with Crippen LogP contribution in [0.15, 0.2) is 30.3 Å². The molecule has 2 rings (SSSR count). The molecule has 0 amide bonds. The van der Waals surface area contributed by atoms with Gasteiger partial charge in [0, 0.05) is 13.5 Å². The summed E-state index contributed by atoms with van der Waals surface area (Å²) in [6.45, 7) is 0.0226. The number of ether oxygens (including phenoxy) is 3. The standard InChI is InChI=1S/C13H16O5/c1-16-12-7-10(14)11(18-12)8-17-13(15)9-5-3-2-4-6-9/h2-6,10-12,14H,7-8H2,1H3/t10-,11-,12-/m1/s1. The molecule has 0 unspecified atom stereocenters. The molecule has 1 aliphatic rings. The maximum absolute atomic E-state index is 11.7. The van der Waals surface area contributed by atoms with Crippen molar-refractivity contribution in [3.05, 3.63) is 35.9 Å². The van der Waals surface area contributed by atoms with Gasteiger partial charge in [0.05, 0.1) is 11.7 Å². The van der Waals surface area contributed by atoms with Gasteiger partial charge >= 0.3 is 5.97 Å². The summed E-state index contributed by atoms with van der Waals surface area (Å²) < 4.78 is 15.4. The van der Waals surface area contributed by atoms with Crippen molar-refractivity contribution < 1.29 is 24.1 Å². The first-order chi connectivity index (χ1) is 8.70. The maximum atomic E-state index is 11.7. The highest BCUT2D eigenvalue weighted by molar-refractivity contribution is 5.89. The third kappa shape index (κ3) is 3.07. The second-order valence-electron chi connectivity index (χ2n) is 4.11. The van der Waals surface area contributed by atoms with Gasteiger partial charge in [-0.05, 0) is 12.1 Å². The minimum absolute atomic E-state index is 0.0226. The molecule has 1 heterocycles. The minimum Gasteiger partial charge on any atom is -0.459 e. The molecule has 0 spiro atoms. The summed E-state index contributed by atoms with van der Waals surface area (Å²) >= 11 is 0. The summed E-state index contributed by atoms with van der Waals surface area (Å²) in [5.41, 5.74) is 0.480. The molecular weight excluding hydrogens is 236 g/mol. The molecule has 0 aliphatic carbocycles. The van der Waals surface area contributed by atoms with Crippen molar-refractivity contribution in [2.75, 3.05) is 13.7 Å². The first kappa shape index (κ1) is 13.0. The van der Waals surface area contributed by atoms with Crippen LogP contribution in [-0.2, 0) is 14.2 Å². The van der Waals surface area contributed by atoms with Crippen LogP contribution in [0.25, 0.3) is 0 Å². The third-order valence-corrected chi connectivity index (χ3v) is 2.84. The number of methoxy groups -OCH3 is 1. The Labute approximate surface area is 105 Å². The topological polar surface area (TPSA) is 65.0 Å². The van der Waals surface area contributed by atoms with E-state index in [0.29, 0.717) is 12.0 Å². The van der Waals surface area contributed by atoms with Crippen LogP contribution in [0.4, 0.5) is 0 Å². The van der Waals surface area contributed by atoms with E-state index in [1.165, 1.54) is 7.11 Å².